The summed E-state index contributed by atoms with van der Waals surface area (Å²) < 4.78 is 0. The van der Waals surface area contributed by atoms with Crippen LogP contribution < -0.4 is 0 Å². The Labute approximate surface area is 114 Å². The van der Waals surface area contributed by atoms with Crippen molar-refractivity contribution >= 4 is 12.2 Å². The molecule has 0 spiro atoms. The maximum atomic E-state index is 11.7. The van der Waals surface area contributed by atoms with E-state index in [4.69, 9.17) is 0 Å². The average molecular weight is 259 g/mol. The molecular formula is C15H19N2O2. The van der Waals surface area contributed by atoms with Crippen molar-refractivity contribution in [3.05, 3.63) is 35.9 Å². The fourth-order valence-corrected chi connectivity index (χ4v) is 2.63. The number of hydrogen-bond donors (Lipinski definition) is 0. The Morgan fingerprint density at radius 3 is 2.68 bits per heavy atom. The Morgan fingerprint density at radius 2 is 2.05 bits per heavy atom. The Balaban J connectivity index is 2.07. The van der Waals surface area contributed by atoms with Crippen molar-refractivity contribution in [1.29, 1.82) is 0 Å². The highest BCUT2D eigenvalue weighted by Gasteiger charge is 2.28. The number of amides is 1. The molecule has 1 heterocycles. The minimum absolute atomic E-state index is 0.107. The minimum Gasteiger partial charge on any atom is -0.337 e. The van der Waals surface area contributed by atoms with E-state index in [1.807, 2.05) is 29.4 Å². The van der Waals surface area contributed by atoms with E-state index in [1.54, 1.807) is 6.92 Å². The average Bonchev–Trinajstić information content (AvgIpc) is 2.40. The summed E-state index contributed by atoms with van der Waals surface area (Å²) in [4.78, 5) is 26.2. The molecular weight excluding hydrogens is 240 g/mol. The van der Waals surface area contributed by atoms with Gasteiger partial charge < -0.3 is 4.90 Å². The lowest BCUT2D eigenvalue weighted by molar-refractivity contribution is -0.133. The van der Waals surface area contributed by atoms with E-state index < -0.39 is 0 Å². The van der Waals surface area contributed by atoms with Gasteiger partial charge in [-0.05, 0) is 12.0 Å². The van der Waals surface area contributed by atoms with E-state index >= 15 is 0 Å². The minimum atomic E-state index is 0.107. The van der Waals surface area contributed by atoms with E-state index in [0.29, 0.717) is 13.1 Å². The number of carbonyl (C=O) groups is 1. The monoisotopic (exact) mass is 259 g/mol. The Bertz CT molecular complexity index is 433. The third-order valence-corrected chi connectivity index (χ3v) is 3.57. The maximum Gasteiger partial charge on any atom is 0.219 e. The fourth-order valence-electron chi connectivity index (χ4n) is 2.63. The van der Waals surface area contributed by atoms with Gasteiger partial charge in [-0.2, -0.15) is 0 Å². The van der Waals surface area contributed by atoms with Gasteiger partial charge in [0, 0.05) is 32.6 Å². The van der Waals surface area contributed by atoms with Gasteiger partial charge in [-0.1, -0.05) is 30.3 Å². The summed E-state index contributed by atoms with van der Waals surface area (Å²) in [7, 11) is 0. The van der Waals surface area contributed by atoms with Crippen molar-refractivity contribution in [1.82, 2.24) is 9.80 Å². The van der Waals surface area contributed by atoms with Crippen LogP contribution in [0.4, 0.5) is 0 Å². The zero-order chi connectivity index (χ0) is 13.7. The normalized spacial score (nSPS) is 20.3. The van der Waals surface area contributed by atoms with E-state index in [-0.39, 0.29) is 11.9 Å². The Morgan fingerprint density at radius 1 is 1.32 bits per heavy atom. The van der Waals surface area contributed by atoms with Crippen molar-refractivity contribution in [3.63, 3.8) is 0 Å². The number of hydrogen-bond acceptors (Lipinski definition) is 3. The van der Waals surface area contributed by atoms with Crippen molar-refractivity contribution in [2.45, 2.75) is 19.4 Å². The Kier molecular flexibility index (Phi) is 4.68. The van der Waals surface area contributed by atoms with Gasteiger partial charge in [0.05, 0.1) is 6.54 Å². The molecule has 1 saturated heterocycles. The summed E-state index contributed by atoms with van der Waals surface area (Å²) in [5.74, 6) is 0.107. The van der Waals surface area contributed by atoms with Gasteiger partial charge in [-0.25, -0.2) is 0 Å². The summed E-state index contributed by atoms with van der Waals surface area (Å²) in [6, 6.07) is 10.3. The lowest BCUT2D eigenvalue weighted by Gasteiger charge is -2.40. The number of carbonyl (C=O) groups excluding carboxylic acids is 2. The number of benzene rings is 1. The first-order valence-corrected chi connectivity index (χ1v) is 6.59. The smallest absolute Gasteiger partial charge is 0.219 e. The highest BCUT2D eigenvalue weighted by atomic mass is 16.2. The summed E-state index contributed by atoms with van der Waals surface area (Å²) in [6.07, 6.45) is 2.77. The molecule has 1 aliphatic rings. The quantitative estimate of drug-likeness (QED) is 0.805. The van der Waals surface area contributed by atoms with Crippen molar-refractivity contribution in [2.75, 3.05) is 26.2 Å². The van der Waals surface area contributed by atoms with Gasteiger partial charge in [0.2, 0.25) is 12.2 Å². The highest BCUT2D eigenvalue weighted by Crippen LogP contribution is 2.15. The molecule has 0 aliphatic carbocycles. The zero-order valence-corrected chi connectivity index (χ0v) is 11.2. The van der Waals surface area contributed by atoms with Crippen LogP contribution in [0.15, 0.2) is 30.3 Å². The van der Waals surface area contributed by atoms with Gasteiger partial charge >= 0.3 is 0 Å². The largest absolute Gasteiger partial charge is 0.337 e. The first-order valence-electron chi connectivity index (χ1n) is 6.59. The number of rotatable bonds is 4. The van der Waals surface area contributed by atoms with E-state index in [1.165, 1.54) is 5.56 Å². The summed E-state index contributed by atoms with van der Waals surface area (Å²) in [5.41, 5.74) is 1.22. The molecule has 19 heavy (non-hydrogen) atoms. The molecule has 1 unspecified atom stereocenters. The van der Waals surface area contributed by atoms with Crippen LogP contribution in [0.5, 0.6) is 0 Å². The topological polar surface area (TPSA) is 40.6 Å². The molecule has 0 saturated carbocycles. The fraction of sp³-hybridized carbons (Fsp3) is 0.467. The van der Waals surface area contributed by atoms with Crippen LogP contribution in [0, 0.1) is 0 Å². The third-order valence-electron chi connectivity index (χ3n) is 3.57. The molecule has 101 valence electrons. The second kappa shape index (κ2) is 6.48. The SMILES string of the molecule is CC(=O)N1CCN(C[C]=O)CC1Cc1ccccc1. The van der Waals surface area contributed by atoms with Crippen molar-refractivity contribution in [3.8, 4) is 0 Å². The van der Waals surface area contributed by atoms with E-state index in [2.05, 4.69) is 17.0 Å². The molecule has 1 atom stereocenters. The predicted octanol–water partition coefficient (Wildman–Crippen LogP) is 0.871. The summed E-state index contributed by atoms with van der Waals surface area (Å²) in [6.45, 7) is 4.12. The molecule has 0 N–H and O–H groups in total. The van der Waals surface area contributed by atoms with Gasteiger partial charge in [0.15, 0.2) is 0 Å². The first-order chi connectivity index (χ1) is 9.20. The predicted molar refractivity (Wildman–Crippen MR) is 73.5 cm³/mol. The van der Waals surface area contributed by atoms with Crippen molar-refractivity contribution in [2.24, 2.45) is 0 Å². The Hall–Kier alpha value is -1.68. The summed E-state index contributed by atoms with van der Waals surface area (Å²) >= 11 is 0. The molecule has 4 nitrogen and oxygen atoms in total. The molecule has 1 amide bonds. The van der Waals surface area contributed by atoms with Gasteiger partial charge in [-0.15, -0.1) is 0 Å². The van der Waals surface area contributed by atoms with Crippen LogP contribution >= 0.6 is 0 Å². The van der Waals surface area contributed by atoms with Gasteiger partial charge in [-0.3, -0.25) is 14.5 Å². The second-order valence-corrected chi connectivity index (χ2v) is 4.94. The van der Waals surface area contributed by atoms with Crippen LogP contribution in [0.2, 0.25) is 0 Å². The number of piperazine rings is 1. The maximum absolute atomic E-state index is 11.7. The second-order valence-electron chi connectivity index (χ2n) is 4.94. The molecule has 4 heteroatoms. The molecule has 1 fully saturated rings. The molecule has 1 aromatic carbocycles. The molecule has 0 bridgehead atoms. The zero-order valence-electron chi connectivity index (χ0n) is 11.2. The van der Waals surface area contributed by atoms with E-state index in [0.717, 1.165) is 19.5 Å². The standard InChI is InChI=1S/C15H19N2O2/c1-13(19)17-8-7-16(9-10-18)12-15(17)11-14-5-3-2-4-6-14/h2-6,15H,7-9,11-12H2,1H3. The molecule has 2 rings (SSSR count). The van der Waals surface area contributed by atoms with Crippen LogP contribution in [-0.2, 0) is 16.0 Å². The summed E-state index contributed by atoms with van der Waals surface area (Å²) in [5, 5.41) is 0. The van der Waals surface area contributed by atoms with Crippen LogP contribution in [-0.4, -0.2) is 54.2 Å². The molecule has 1 radical (unpaired) electrons. The number of nitrogens with zero attached hydrogens (tertiary/aromatic N) is 2. The first kappa shape index (κ1) is 13.7. The lowest BCUT2D eigenvalue weighted by atomic mass is 10.0. The van der Waals surface area contributed by atoms with Crippen LogP contribution in [0.3, 0.4) is 0 Å². The molecule has 1 aliphatic heterocycles. The van der Waals surface area contributed by atoms with Gasteiger partial charge in [0.25, 0.3) is 0 Å². The van der Waals surface area contributed by atoms with Crippen molar-refractivity contribution < 1.29 is 9.59 Å². The molecule has 1 aromatic rings. The lowest BCUT2D eigenvalue weighted by Crippen LogP contribution is -2.55. The van der Waals surface area contributed by atoms with Crippen LogP contribution in [0.25, 0.3) is 0 Å². The van der Waals surface area contributed by atoms with E-state index in [9.17, 15) is 9.59 Å². The highest BCUT2D eigenvalue weighted by molar-refractivity contribution is 5.73. The third kappa shape index (κ3) is 3.64. The van der Waals surface area contributed by atoms with Crippen LogP contribution in [0.1, 0.15) is 12.5 Å². The molecule has 0 aromatic heterocycles. The van der Waals surface area contributed by atoms with Gasteiger partial charge in [0.1, 0.15) is 0 Å².